The fourth-order valence-electron chi connectivity index (χ4n) is 4.18. The highest BCUT2D eigenvalue weighted by molar-refractivity contribution is 7.89. The molecule has 176 valence electrons. The number of carbonyl (C=O) groups is 1. The quantitative estimate of drug-likeness (QED) is 0.550. The largest absolute Gasteiger partial charge is 0.350 e. The third-order valence-electron chi connectivity index (χ3n) is 5.89. The van der Waals surface area contributed by atoms with E-state index in [2.05, 4.69) is 5.32 Å². The molecule has 0 bridgehead atoms. The highest BCUT2D eigenvalue weighted by Crippen LogP contribution is 2.25. The van der Waals surface area contributed by atoms with Crippen molar-refractivity contribution in [2.75, 3.05) is 13.1 Å². The van der Waals surface area contributed by atoms with Crippen LogP contribution in [0.15, 0.2) is 52.2 Å². The van der Waals surface area contributed by atoms with Crippen LogP contribution in [0.3, 0.4) is 0 Å². The average molecular weight is 491 g/mol. The van der Waals surface area contributed by atoms with Crippen LogP contribution in [0.5, 0.6) is 0 Å². The minimum atomic E-state index is -3.66. The first-order valence-corrected chi connectivity index (χ1v) is 12.8. The molecular formula is C23H27ClN4O4S. The van der Waals surface area contributed by atoms with Gasteiger partial charge in [-0.25, -0.2) is 13.2 Å². The molecule has 1 saturated heterocycles. The maximum absolute atomic E-state index is 13.2. The number of hydrogen-bond donors (Lipinski definition) is 1. The molecule has 1 N–H and O–H groups in total. The summed E-state index contributed by atoms with van der Waals surface area (Å²) in [5.41, 5.74) is 1.42. The van der Waals surface area contributed by atoms with Crippen LogP contribution >= 0.6 is 11.6 Å². The van der Waals surface area contributed by atoms with Crippen molar-refractivity contribution in [1.82, 2.24) is 18.8 Å². The Balaban J connectivity index is 1.68. The van der Waals surface area contributed by atoms with Crippen molar-refractivity contribution in [1.29, 1.82) is 0 Å². The Bertz CT molecular complexity index is 1350. The molecule has 1 aliphatic rings. The zero-order valence-corrected chi connectivity index (χ0v) is 20.2. The second kappa shape index (κ2) is 9.32. The first-order valence-electron chi connectivity index (χ1n) is 10.9. The van der Waals surface area contributed by atoms with Gasteiger partial charge in [0.05, 0.1) is 15.9 Å². The van der Waals surface area contributed by atoms with Crippen LogP contribution in [0.4, 0.5) is 0 Å². The summed E-state index contributed by atoms with van der Waals surface area (Å²) in [6.45, 7) is 4.72. The molecule has 0 radical (unpaired) electrons. The van der Waals surface area contributed by atoms with Crippen LogP contribution in [0.1, 0.15) is 38.3 Å². The molecule has 2 heterocycles. The highest BCUT2D eigenvalue weighted by Gasteiger charge is 2.28. The number of imidazole rings is 1. The van der Waals surface area contributed by atoms with Crippen molar-refractivity contribution < 1.29 is 13.2 Å². The van der Waals surface area contributed by atoms with E-state index in [9.17, 15) is 18.0 Å². The molecule has 2 aromatic carbocycles. The van der Waals surface area contributed by atoms with E-state index < -0.39 is 10.0 Å². The SMILES string of the molecule is CC(C)n1c(=O)n(CC(=O)NCc2ccccc2Cl)c2cc(S(=O)(=O)N3CCCC3)ccc21. The number of amides is 1. The van der Waals surface area contributed by atoms with Crippen LogP contribution in [0.2, 0.25) is 5.02 Å². The lowest BCUT2D eigenvalue weighted by Gasteiger charge is -2.16. The number of fused-ring (bicyclic) bond motifs is 1. The van der Waals surface area contributed by atoms with Gasteiger partial charge in [0, 0.05) is 30.7 Å². The van der Waals surface area contributed by atoms with Gasteiger partial charge in [0.15, 0.2) is 0 Å². The zero-order valence-electron chi connectivity index (χ0n) is 18.6. The summed E-state index contributed by atoms with van der Waals surface area (Å²) in [6.07, 6.45) is 1.67. The number of nitrogens with zero attached hydrogens (tertiary/aromatic N) is 3. The molecule has 0 spiro atoms. The standard InChI is InChI=1S/C23H27ClN4O4S/c1-16(2)28-20-10-9-18(33(31,32)26-11-5-6-12-26)13-21(20)27(23(28)30)15-22(29)25-14-17-7-3-4-8-19(17)24/h3-4,7-10,13,16H,5-6,11-12,14-15H2,1-2H3,(H,25,29). The Hall–Kier alpha value is -2.62. The first kappa shape index (κ1) is 23.5. The van der Waals surface area contributed by atoms with E-state index in [0.29, 0.717) is 29.1 Å². The number of halogens is 1. The summed E-state index contributed by atoms with van der Waals surface area (Å²) in [7, 11) is -3.66. The summed E-state index contributed by atoms with van der Waals surface area (Å²) in [4.78, 5) is 26.0. The van der Waals surface area contributed by atoms with E-state index in [4.69, 9.17) is 11.6 Å². The number of hydrogen-bond acceptors (Lipinski definition) is 4. The molecule has 1 amide bonds. The summed E-state index contributed by atoms with van der Waals surface area (Å²) in [5.74, 6) is -0.368. The highest BCUT2D eigenvalue weighted by atomic mass is 35.5. The molecule has 0 unspecified atom stereocenters. The fourth-order valence-corrected chi connectivity index (χ4v) is 5.92. The molecular weight excluding hydrogens is 464 g/mol. The normalized spacial score (nSPS) is 14.9. The van der Waals surface area contributed by atoms with E-state index in [-0.39, 0.29) is 35.6 Å². The number of sulfonamides is 1. The van der Waals surface area contributed by atoms with Gasteiger partial charge >= 0.3 is 5.69 Å². The van der Waals surface area contributed by atoms with E-state index in [0.717, 1.165) is 18.4 Å². The summed E-state index contributed by atoms with van der Waals surface area (Å²) >= 11 is 6.15. The minimum absolute atomic E-state index is 0.128. The van der Waals surface area contributed by atoms with Crippen LogP contribution < -0.4 is 11.0 Å². The molecule has 0 aliphatic carbocycles. The molecule has 1 aliphatic heterocycles. The Morgan fingerprint density at radius 2 is 1.79 bits per heavy atom. The lowest BCUT2D eigenvalue weighted by molar-refractivity contribution is -0.121. The molecule has 1 aromatic heterocycles. The van der Waals surface area contributed by atoms with Crippen LogP contribution in [0.25, 0.3) is 11.0 Å². The zero-order chi connectivity index (χ0) is 23.8. The molecule has 3 aromatic rings. The van der Waals surface area contributed by atoms with Gasteiger partial charge in [0.2, 0.25) is 15.9 Å². The van der Waals surface area contributed by atoms with Gasteiger partial charge in [-0.2, -0.15) is 4.31 Å². The van der Waals surface area contributed by atoms with Crippen LogP contribution in [-0.2, 0) is 27.9 Å². The van der Waals surface area contributed by atoms with Crippen LogP contribution in [-0.4, -0.2) is 40.9 Å². The predicted molar refractivity (Wildman–Crippen MR) is 128 cm³/mol. The Kier molecular flexibility index (Phi) is 6.65. The van der Waals surface area contributed by atoms with E-state index in [1.165, 1.54) is 21.0 Å². The fraction of sp³-hybridized carbons (Fsp3) is 0.391. The molecule has 10 heteroatoms. The minimum Gasteiger partial charge on any atom is -0.350 e. The molecule has 8 nitrogen and oxygen atoms in total. The van der Waals surface area contributed by atoms with Gasteiger partial charge in [-0.05, 0) is 56.5 Å². The molecule has 0 saturated carbocycles. The molecule has 1 fully saturated rings. The monoisotopic (exact) mass is 490 g/mol. The van der Waals surface area contributed by atoms with E-state index in [1.807, 2.05) is 32.0 Å². The van der Waals surface area contributed by atoms with Gasteiger partial charge < -0.3 is 5.32 Å². The lowest BCUT2D eigenvalue weighted by Crippen LogP contribution is -2.33. The smallest absolute Gasteiger partial charge is 0.329 e. The van der Waals surface area contributed by atoms with Crippen LogP contribution in [0, 0.1) is 0 Å². The van der Waals surface area contributed by atoms with E-state index in [1.54, 1.807) is 16.7 Å². The third-order valence-corrected chi connectivity index (χ3v) is 8.15. The molecule has 33 heavy (non-hydrogen) atoms. The summed E-state index contributed by atoms with van der Waals surface area (Å²) in [6, 6.07) is 11.7. The van der Waals surface area contributed by atoms with Crippen molar-refractivity contribution in [3.63, 3.8) is 0 Å². The topological polar surface area (TPSA) is 93.4 Å². The molecule has 4 rings (SSSR count). The van der Waals surface area contributed by atoms with Gasteiger partial charge in [-0.1, -0.05) is 29.8 Å². The Morgan fingerprint density at radius 3 is 2.45 bits per heavy atom. The maximum atomic E-state index is 13.2. The average Bonchev–Trinajstić information content (AvgIpc) is 3.41. The number of rotatable bonds is 7. The second-order valence-electron chi connectivity index (χ2n) is 8.46. The van der Waals surface area contributed by atoms with Crippen molar-refractivity contribution in [3.8, 4) is 0 Å². The van der Waals surface area contributed by atoms with Crippen molar-refractivity contribution in [2.24, 2.45) is 0 Å². The van der Waals surface area contributed by atoms with Crippen molar-refractivity contribution >= 4 is 38.6 Å². The van der Waals surface area contributed by atoms with E-state index >= 15 is 0 Å². The Morgan fingerprint density at radius 1 is 1.09 bits per heavy atom. The van der Waals surface area contributed by atoms with Gasteiger partial charge in [0.25, 0.3) is 0 Å². The van der Waals surface area contributed by atoms with Gasteiger partial charge in [-0.3, -0.25) is 13.9 Å². The van der Waals surface area contributed by atoms with Gasteiger partial charge in [0.1, 0.15) is 6.54 Å². The summed E-state index contributed by atoms with van der Waals surface area (Å²) < 4.78 is 30.5. The third kappa shape index (κ3) is 4.58. The number of benzene rings is 2. The lowest BCUT2D eigenvalue weighted by atomic mass is 10.2. The number of aromatic nitrogens is 2. The summed E-state index contributed by atoms with van der Waals surface area (Å²) in [5, 5.41) is 3.33. The number of carbonyl (C=O) groups excluding carboxylic acids is 1. The number of nitrogens with one attached hydrogen (secondary N) is 1. The Labute approximate surface area is 197 Å². The first-order chi connectivity index (χ1) is 15.7. The van der Waals surface area contributed by atoms with Crippen molar-refractivity contribution in [3.05, 3.63) is 63.5 Å². The maximum Gasteiger partial charge on any atom is 0.329 e. The van der Waals surface area contributed by atoms with Gasteiger partial charge in [-0.15, -0.1) is 0 Å². The van der Waals surface area contributed by atoms with Crippen molar-refractivity contribution in [2.45, 2.75) is 50.7 Å². The molecule has 0 atom stereocenters. The predicted octanol–water partition coefficient (Wildman–Crippen LogP) is 3.14. The second-order valence-corrected chi connectivity index (χ2v) is 10.8.